The zero-order valence-electron chi connectivity index (χ0n) is 17.4. The number of aromatic hydroxyl groups is 1. The van der Waals surface area contributed by atoms with E-state index in [4.69, 9.17) is 4.42 Å². The van der Waals surface area contributed by atoms with Crippen LogP contribution in [0.2, 0.25) is 0 Å². The van der Waals surface area contributed by atoms with Crippen molar-refractivity contribution in [3.05, 3.63) is 51.7 Å². The van der Waals surface area contributed by atoms with Gasteiger partial charge in [-0.15, -0.1) is 0 Å². The highest BCUT2D eigenvalue weighted by Gasteiger charge is 2.23. The van der Waals surface area contributed by atoms with Crippen molar-refractivity contribution in [2.45, 2.75) is 30.8 Å². The number of rotatable bonds is 5. The van der Waals surface area contributed by atoms with Gasteiger partial charge in [-0.25, -0.2) is 10.4 Å². The molecule has 2 N–H and O–H groups in total. The van der Waals surface area contributed by atoms with Crippen molar-refractivity contribution >= 4 is 61.8 Å². The quantitative estimate of drug-likeness (QED) is 0.225. The number of furan rings is 1. The molecular formula is C23H21BrN4O3S. The fraction of sp³-hybridized carbons (Fsp3) is 0.261. The molecule has 0 saturated heterocycles. The van der Waals surface area contributed by atoms with Crippen molar-refractivity contribution in [3.8, 4) is 5.75 Å². The lowest BCUT2D eigenvalue weighted by Gasteiger charge is -2.10. The number of phenolic OH excluding ortho intramolecular Hbond substituents is 1. The van der Waals surface area contributed by atoms with Gasteiger partial charge in [0.1, 0.15) is 17.1 Å². The number of carbonyl (C=O) groups is 1. The van der Waals surface area contributed by atoms with Crippen LogP contribution in [0.4, 0.5) is 0 Å². The normalized spacial score (nSPS) is 13.8. The highest BCUT2D eigenvalue weighted by Crippen LogP contribution is 2.40. The minimum absolute atomic E-state index is 0.0822. The number of thioether (sulfide) groups is 1. The van der Waals surface area contributed by atoms with E-state index in [2.05, 4.69) is 31.4 Å². The lowest BCUT2D eigenvalue weighted by molar-refractivity contribution is -0.118. The first-order valence-electron chi connectivity index (χ1n) is 10.3. The standard InChI is InChI=1S/C23H21BrN4O3S/c1-28-17-8-4-3-7-16(17)26-23(28)32-12-20(29)27-25-11-14-21-13-6-2-5-9-18(13)31-19(21)10-15(24)22(14)30/h3-4,7-8,10-11,30H,2,5-6,9,12H2,1H3,(H,27,29)/b25-11+. The number of phenols is 1. The third-order valence-electron chi connectivity index (χ3n) is 5.67. The number of nitrogens with one attached hydrogen (secondary N) is 1. The first-order valence-corrected chi connectivity index (χ1v) is 12.1. The van der Waals surface area contributed by atoms with Crippen LogP contribution < -0.4 is 5.43 Å². The number of hydrogen-bond donors (Lipinski definition) is 2. The number of fused-ring (bicyclic) bond motifs is 4. The maximum absolute atomic E-state index is 12.4. The van der Waals surface area contributed by atoms with E-state index in [1.165, 1.54) is 18.0 Å². The van der Waals surface area contributed by atoms with Gasteiger partial charge in [-0.2, -0.15) is 5.10 Å². The Labute approximate surface area is 197 Å². The van der Waals surface area contributed by atoms with Crippen LogP contribution in [0.15, 0.2) is 49.5 Å². The molecule has 2 aromatic heterocycles. The SMILES string of the molecule is Cn1c(SCC(=O)N/N=C/c2c(O)c(Br)cc3oc4c(c23)CCCC4)nc2ccccc21. The molecule has 7 nitrogen and oxygen atoms in total. The number of hydrogen-bond acceptors (Lipinski definition) is 6. The largest absolute Gasteiger partial charge is 0.506 e. The molecule has 0 radical (unpaired) electrons. The Bertz CT molecular complexity index is 1380. The Hall–Kier alpha value is -2.78. The smallest absolute Gasteiger partial charge is 0.250 e. The molecule has 0 unspecified atom stereocenters. The van der Waals surface area contributed by atoms with E-state index in [1.807, 2.05) is 35.9 Å². The third kappa shape index (κ3) is 3.80. The van der Waals surface area contributed by atoms with E-state index >= 15 is 0 Å². The van der Waals surface area contributed by atoms with Gasteiger partial charge in [0.15, 0.2) is 5.16 Å². The molecule has 0 fully saturated rings. The number of carbonyl (C=O) groups excluding carboxylic acids is 1. The molecular weight excluding hydrogens is 492 g/mol. The topological polar surface area (TPSA) is 92.7 Å². The van der Waals surface area contributed by atoms with Gasteiger partial charge in [0.2, 0.25) is 0 Å². The molecule has 1 amide bonds. The molecule has 1 aliphatic rings. The molecule has 0 spiro atoms. The van der Waals surface area contributed by atoms with Crippen molar-refractivity contribution in [1.29, 1.82) is 0 Å². The van der Waals surface area contributed by atoms with Crippen LogP contribution in [0, 0.1) is 0 Å². The number of nitrogens with zero attached hydrogens (tertiary/aromatic N) is 3. The minimum atomic E-state index is -0.252. The Morgan fingerprint density at radius 2 is 2.19 bits per heavy atom. The maximum Gasteiger partial charge on any atom is 0.250 e. The number of imidazole rings is 1. The second-order valence-electron chi connectivity index (χ2n) is 7.73. The van der Waals surface area contributed by atoms with Gasteiger partial charge < -0.3 is 14.1 Å². The summed E-state index contributed by atoms with van der Waals surface area (Å²) in [6.45, 7) is 0. The maximum atomic E-state index is 12.4. The van der Waals surface area contributed by atoms with E-state index in [1.54, 1.807) is 6.07 Å². The second-order valence-corrected chi connectivity index (χ2v) is 9.53. The lowest BCUT2D eigenvalue weighted by Crippen LogP contribution is -2.20. The lowest BCUT2D eigenvalue weighted by atomic mass is 9.94. The molecule has 0 bridgehead atoms. The van der Waals surface area contributed by atoms with Crippen molar-refractivity contribution in [3.63, 3.8) is 0 Å². The van der Waals surface area contributed by atoms with E-state index in [-0.39, 0.29) is 17.4 Å². The van der Waals surface area contributed by atoms with Crippen molar-refractivity contribution in [1.82, 2.24) is 15.0 Å². The Morgan fingerprint density at radius 3 is 3.03 bits per heavy atom. The molecule has 5 rings (SSSR count). The number of hydrazone groups is 1. The zero-order valence-corrected chi connectivity index (χ0v) is 19.8. The van der Waals surface area contributed by atoms with Gasteiger partial charge in [-0.1, -0.05) is 23.9 Å². The van der Waals surface area contributed by atoms with Gasteiger partial charge >= 0.3 is 0 Å². The predicted molar refractivity (Wildman–Crippen MR) is 129 cm³/mol. The molecule has 9 heteroatoms. The molecule has 32 heavy (non-hydrogen) atoms. The number of aryl methyl sites for hydroxylation is 3. The van der Waals surface area contributed by atoms with Gasteiger partial charge in [0.05, 0.1) is 27.5 Å². The summed E-state index contributed by atoms with van der Waals surface area (Å²) in [6.07, 6.45) is 5.48. The van der Waals surface area contributed by atoms with Crippen LogP contribution in [0.5, 0.6) is 5.75 Å². The zero-order chi connectivity index (χ0) is 22.2. The fourth-order valence-electron chi connectivity index (χ4n) is 4.12. The van der Waals surface area contributed by atoms with Crippen LogP contribution in [0.1, 0.15) is 29.7 Å². The van der Waals surface area contributed by atoms with Crippen molar-refractivity contribution < 1.29 is 14.3 Å². The fourth-order valence-corrected chi connectivity index (χ4v) is 5.33. The summed E-state index contributed by atoms with van der Waals surface area (Å²) in [5.74, 6) is 0.980. The van der Waals surface area contributed by atoms with E-state index in [0.717, 1.165) is 58.6 Å². The van der Waals surface area contributed by atoms with Crippen LogP contribution in [-0.2, 0) is 24.7 Å². The van der Waals surface area contributed by atoms with Gasteiger partial charge in [-0.05, 0) is 53.4 Å². The third-order valence-corrected chi connectivity index (χ3v) is 7.30. The van der Waals surface area contributed by atoms with E-state index in [9.17, 15) is 9.90 Å². The molecule has 1 aliphatic carbocycles. The molecule has 2 heterocycles. The number of aromatic nitrogens is 2. The molecule has 0 atom stereocenters. The summed E-state index contributed by atoms with van der Waals surface area (Å²) in [7, 11) is 1.93. The number of para-hydroxylation sites is 2. The Morgan fingerprint density at radius 1 is 1.38 bits per heavy atom. The van der Waals surface area contributed by atoms with Gasteiger partial charge in [0.25, 0.3) is 5.91 Å². The number of amides is 1. The highest BCUT2D eigenvalue weighted by molar-refractivity contribution is 9.10. The van der Waals surface area contributed by atoms with Gasteiger partial charge in [-0.3, -0.25) is 4.79 Å². The summed E-state index contributed by atoms with van der Waals surface area (Å²) >= 11 is 4.73. The van der Waals surface area contributed by atoms with Crippen molar-refractivity contribution in [2.24, 2.45) is 12.1 Å². The molecule has 164 valence electrons. The van der Waals surface area contributed by atoms with Gasteiger partial charge in [0, 0.05) is 30.0 Å². The molecule has 0 saturated carbocycles. The summed E-state index contributed by atoms with van der Waals surface area (Å²) in [4.78, 5) is 16.9. The molecule has 4 aromatic rings. The average Bonchev–Trinajstić information content (AvgIpc) is 3.32. The average molecular weight is 513 g/mol. The van der Waals surface area contributed by atoms with Crippen LogP contribution in [0.25, 0.3) is 22.0 Å². The summed E-state index contributed by atoms with van der Waals surface area (Å²) in [6, 6.07) is 9.63. The van der Waals surface area contributed by atoms with E-state index < -0.39 is 0 Å². The summed E-state index contributed by atoms with van der Waals surface area (Å²) in [5.41, 5.74) is 6.85. The second kappa shape index (κ2) is 8.63. The highest BCUT2D eigenvalue weighted by atomic mass is 79.9. The van der Waals surface area contributed by atoms with Crippen LogP contribution >= 0.6 is 27.7 Å². The number of benzene rings is 2. The summed E-state index contributed by atoms with van der Waals surface area (Å²) in [5, 5.41) is 16.4. The molecule has 2 aromatic carbocycles. The monoisotopic (exact) mass is 512 g/mol. The summed E-state index contributed by atoms with van der Waals surface area (Å²) < 4.78 is 8.51. The Kier molecular flexibility index (Phi) is 5.69. The molecule has 0 aliphatic heterocycles. The predicted octanol–water partition coefficient (Wildman–Crippen LogP) is 4.91. The van der Waals surface area contributed by atoms with E-state index in [0.29, 0.717) is 15.6 Å². The van der Waals surface area contributed by atoms with Crippen LogP contribution in [0.3, 0.4) is 0 Å². The first-order chi connectivity index (χ1) is 15.5. The Balaban J connectivity index is 1.32. The first kappa shape index (κ1) is 21.1. The van der Waals surface area contributed by atoms with Crippen LogP contribution in [-0.4, -0.2) is 32.5 Å². The number of halogens is 1. The minimum Gasteiger partial charge on any atom is -0.506 e. The van der Waals surface area contributed by atoms with Crippen molar-refractivity contribution in [2.75, 3.05) is 5.75 Å².